The lowest BCUT2D eigenvalue weighted by molar-refractivity contribution is 0.261. The van der Waals surface area contributed by atoms with Crippen LogP contribution in [0.1, 0.15) is 49.2 Å². The van der Waals surface area contributed by atoms with Crippen LogP contribution in [0.2, 0.25) is 0 Å². The molecule has 5 rings (SSSR count). The number of thioether (sulfide) groups is 1. The SMILES string of the molecule is CCCCc1nc2cc(C3=NNC(=O)SC3C)ccc2n1Cc1ccccc1-c1ccccc1C#N. The molecule has 1 unspecified atom stereocenters. The predicted molar refractivity (Wildman–Crippen MR) is 146 cm³/mol. The van der Waals surface area contributed by atoms with Crippen LogP contribution in [0.5, 0.6) is 0 Å². The number of unbranched alkanes of at least 4 members (excludes halogenated alkanes) is 1. The van der Waals surface area contributed by atoms with Gasteiger partial charge in [0.05, 0.1) is 33.6 Å². The van der Waals surface area contributed by atoms with Crippen molar-refractivity contribution in [3.63, 3.8) is 0 Å². The Morgan fingerprint density at radius 3 is 2.64 bits per heavy atom. The summed E-state index contributed by atoms with van der Waals surface area (Å²) in [6, 6.07) is 24.6. The van der Waals surface area contributed by atoms with Gasteiger partial charge < -0.3 is 4.57 Å². The number of hydrazone groups is 1. The number of hydrogen-bond donors (Lipinski definition) is 1. The van der Waals surface area contributed by atoms with Crippen LogP contribution in [0.4, 0.5) is 4.79 Å². The quantitative estimate of drug-likeness (QED) is 0.318. The van der Waals surface area contributed by atoms with Gasteiger partial charge in [-0.15, -0.1) is 0 Å². The molecule has 1 N–H and O–H groups in total. The van der Waals surface area contributed by atoms with Crippen molar-refractivity contribution in [2.24, 2.45) is 5.10 Å². The zero-order valence-corrected chi connectivity index (χ0v) is 21.2. The minimum atomic E-state index is -0.130. The van der Waals surface area contributed by atoms with Gasteiger partial charge in [-0.1, -0.05) is 73.6 Å². The molecule has 3 aromatic carbocycles. The Hall–Kier alpha value is -3.89. The van der Waals surface area contributed by atoms with Gasteiger partial charge in [0.25, 0.3) is 5.24 Å². The maximum atomic E-state index is 11.7. The van der Waals surface area contributed by atoms with E-state index in [1.165, 1.54) is 11.8 Å². The molecule has 0 saturated heterocycles. The number of nitrogens with one attached hydrogen (secondary N) is 1. The van der Waals surface area contributed by atoms with Crippen LogP contribution in [0.15, 0.2) is 71.8 Å². The van der Waals surface area contributed by atoms with Crippen molar-refractivity contribution in [2.45, 2.75) is 44.9 Å². The summed E-state index contributed by atoms with van der Waals surface area (Å²) in [5.74, 6) is 1.05. The number of rotatable bonds is 7. The molecule has 1 aliphatic heterocycles. The van der Waals surface area contributed by atoms with Gasteiger partial charge in [-0.2, -0.15) is 10.4 Å². The lowest BCUT2D eigenvalue weighted by Gasteiger charge is -2.18. The number of aryl methyl sites for hydroxylation is 1. The van der Waals surface area contributed by atoms with E-state index < -0.39 is 0 Å². The smallest absolute Gasteiger partial charge is 0.299 e. The second-order valence-corrected chi connectivity index (χ2v) is 10.2. The van der Waals surface area contributed by atoms with Gasteiger partial charge in [-0.05, 0) is 48.2 Å². The number of benzene rings is 3. The van der Waals surface area contributed by atoms with Gasteiger partial charge in [0.15, 0.2) is 0 Å². The van der Waals surface area contributed by atoms with E-state index in [2.05, 4.69) is 58.4 Å². The minimum absolute atomic E-state index is 0.0232. The Balaban J connectivity index is 1.58. The number of fused-ring (bicyclic) bond motifs is 1. The zero-order valence-electron chi connectivity index (χ0n) is 20.4. The Bertz CT molecular complexity index is 1510. The van der Waals surface area contributed by atoms with Crippen LogP contribution in [0.3, 0.4) is 0 Å². The molecule has 0 fully saturated rings. The van der Waals surface area contributed by atoms with Crippen LogP contribution >= 0.6 is 11.8 Å². The molecule has 0 bridgehead atoms. The summed E-state index contributed by atoms with van der Waals surface area (Å²) in [6.07, 6.45) is 3.04. The number of amides is 1. The molecule has 36 heavy (non-hydrogen) atoms. The first kappa shape index (κ1) is 23.8. The first-order valence-electron chi connectivity index (χ1n) is 12.2. The molecule has 4 aromatic rings. The van der Waals surface area contributed by atoms with E-state index in [0.717, 1.165) is 64.1 Å². The summed E-state index contributed by atoms with van der Waals surface area (Å²) in [4.78, 5) is 16.7. The van der Waals surface area contributed by atoms with E-state index in [4.69, 9.17) is 4.98 Å². The van der Waals surface area contributed by atoms with Gasteiger partial charge in [-0.25, -0.2) is 10.4 Å². The Labute approximate surface area is 215 Å². The molecular weight excluding hydrogens is 466 g/mol. The predicted octanol–water partition coefficient (Wildman–Crippen LogP) is 6.51. The lowest BCUT2D eigenvalue weighted by atomic mass is 9.95. The first-order valence-corrected chi connectivity index (χ1v) is 13.1. The number of aromatic nitrogens is 2. The van der Waals surface area contributed by atoms with Crippen LogP contribution in [-0.4, -0.2) is 25.8 Å². The highest BCUT2D eigenvalue weighted by atomic mass is 32.2. The average Bonchev–Trinajstić information content (AvgIpc) is 3.24. The van der Waals surface area contributed by atoms with E-state index in [1.807, 2.05) is 43.3 Å². The van der Waals surface area contributed by atoms with Crippen molar-refractivity contribution < 1.29 is 4.79 Å². The molecule has 0 radical (unpaired) electrons. The fourth-order valence-electron chi connectivity index (χ4n) is 4.69. The summed E-state index contributed by atoms with van der Waals surface area (Å²) in [6.45, 7) is 4.84. The highest BCUT2D eigenvalue weighted by Crippen LogP contribution is 2.30. The summed E-state index contributed by atoms with van der Waals surface area (Å²) in [7, 11) is 0. The highest BCUT2D eigenvalue weighted by Gasteiger charge is 2.23. The molecular formula is C29H27N5OS. The molecule has 180 valence electrons. The normalized spacial score (nSPS) is 15.4. The Morgan fingerprint density at radius 1 is 1.08 bits per heavy atom. The van der Waals surface area contributed by atoms with Crippen LogP contribution < -0.4 is 5.43 Å². The molecule has 6 nitrogen and oxygen atoms in total. The zero-order chi connectivity index (χ0) is 25.1. The lowest BCUT2D eigenvalue weighted by Crippen LogP contribution is -2.29. The fourth-order valence-corrected chi connectivity index (χ4v) is 5.41. The van der Waals surface area contributed by atoms with Gasteiger partial charge in [0.1, 0.15) is 5.82 Å². The summed E-state index contributed by atoms with van der Waals surface area (Å²) >= 11 is 1.24. The number of imidazole rings is 1. The largest absolute Gasteiger partial charge is 0.323 e. The van der Waals surface area contributed by atoms with Crippen molar-refractivity contribution in [1.82, 2.24) is 15.0 Å². The van der Waals surface area contributed by atoms with Gasteiger partial charge in [-0.3, -0.25) is 4.79 Å². The molecule has 7 heteroatoms. The minimum Gasteiger partial charge on any atom is -0.323 e. The van der Waals surface area contributed by atoms with E-state index >= 15 is 0 Å². The van der Waals surface area contributed by atoms with E-state index in [-0.39, 0.29) is 10.5 Å². The number of nitriles is 1. The summed E-state index contributed by atoms with van der Waals surface area (Å²) < 4.78 is 2.30. The number of hydrogen-bond acceptors (Lipinski definition) is 5. The molecule has 1 amide bonds. The van der Waals surface area contributed by atoms with Crippen molar-refractivity contribution in [3.8, 4) is 17.2 Å². The molecule has 0 saturated carbocycles. The first-order chi connectivity index (χ1) is 17.6. The van der Waals surface area contributed by atoms with Gasteiger partial charge in [0, 0.05) is 18.5 Å². The molecule has 1 aliphatic rings. The van der Waals surface area contributed by atoms with Crippen molar-refractivity contribution in [3.05, 3.63) is 89.2 Å². The maximum absolute atomic E-state index is 11.7. The number of nitrogens with zero attached hydrogens (tertiary/aromatic N) is 4. The fraction of sp³-hybridized carbons (Fsp3) is 0.241. The molecule has 0 aliphatic carbocycles. The summed E-state index contributed by atoms with van der Waals surface area (Å²) in [5, 5.41) is 13.8. The third-order valence-electron chi connectivity index (χ3n) is 6.50. The molecule has 2 heterocycles. The van der Waals surface area contributed by atoms with E-state index in [1.54, 1.807) is 0 Å². The van der Waals surface area contributed by atoms with E-state index in [9.17, 15) is 10.1 Å². The van der Waals surface area contributed by atoms with Crippen molar-refractivity contribution >= 4 is 33.7 Å². The van der Waals surface area contributed by atoms with Crippen molar-refractivity contribution in [1.29, 1.82) is 5.26 Å². The third-order valence-corrected chi connectivity index (χ3v) is 7.38. The maximum Gasteiger partial charge on any atom is 0.299 e. The topological polar surface area (TPSA) is 83.1 Å². The van der Waals surface area contributed by atoms with Gasteiger partial charge in [0.2, 0.25) is 0 Å². The number of carbonyl (C=O) groups excluding carboxylic acids is 1. The standard InChI is InChI=1S/C29H27N5OS/c1-3-4-13-27-31-25-16-20(28-19(2)36-29(35)33-32-28)14-15-26(25)34(27)18-22-10-6-8-12-24(22)23-11-7-5-9-21(23)17-30/h5-12,14-16,19H,3-4,13,18H2,1-2H3,(H,33,35). The monoisotopic (exact) mass is 493 g/mol. The second kappa shape index (κ2) is 10.4. The molecule has 1 atom stereocenters. The highest BCUT2D eigenvalue weighted by molar-refractivity contribution is 8.14. The average molecular weight is 494 g/mol. The summed E-state index contributed by atoms with van der Waals surface area (Å²) in [5.41, 5.74) is 10.2. The van der Waals surface area contributed by atoms with Crippen LogP contribution in [0, 0.1) is 11.3 Å². The Morgan fingerprint density at radius 2 is 1.86 bits per heavy atom. The molecule has 1 aromatic heterocycles. The van der Waals surface area contributed by atoms with Gasteiger partial charge >= 0.3 is 0 Å². The molecule has 0 spiro atoms. The number of carbonyl (C=O) groups is 1. The third kappa shape index (κ3) is 4.65. The Kier molecular flexibility index (Phi) is 6.88. The van der Waals surface area contributed by atoms with Crippen LogP contribution in [-0.2, 0) is 13.0 Å². The van der Waals surface area contributed by atoms with Crippen molar-refractivity contribution in [2.75, 3.05) is 0 Å². The van der Waals surface area contributed by atoms with Crippen LogP contribution in [0.25, 0.3) is 22.2 Å². The second-order valence-electron chi connectivity index (χ2n) is 8.89. The van der Waals surface area contributed by atoms with E-state index in [0.29, 0.717) is 12.1 Å².